The lowest BCUT2D eigenvalue weighted by atomic mass is 9.79. The quantitative estimate of drug-likeness (QED) is 0.419. The van der Waals surface area contributed by atoms with Crippen molar-refractivity contribution >= 4 is 17.7 Å². The van der Waals surface area contributed by atoms with Crippen LogP contribution in [0.5, 0.6) is 0 Å². The number of hydrogen-bond donors (Lipinski definition) is 1. The molecule has 1 aromatic carbocycles. The molecule has 4 aliphatic carbocycles. The van der Waals surface area contributed by atoms with E-state index in [4.69, 9.17) is 0 Å². The molecular formula is C27H32FNS. The Morgan fingerprint density at radius 1 is 1.20 bits per heavy atom. The maximum absolute atomic E-state index is 13.2. The molecule has 4 aliphatic rings. The van der Waals surface area contributed by atoms with Crippen LogP contribution in [0.1, 0.15) is 63.0 Å². The second kappa shape index (κ2) is 7.53. The van der Waals surface area contributed by atoms with Gasteiger partial charge in [-0.15, -0.1) is 0 Å². The number of rotatable bonds is 9. The molecule has 5 rings (SSSR count). The molecule has 30 heavy (non-hydrogen) atoms. The summed E-state index contributed by atoms with van der Waals surface area (Å²) in [5.41, 5.74) is 8.98. The third kappa shape index (κ3) is 3.65. The Hall–Kier alpha value is -1.58. The molecule has 1 N–H and O–H groups in total. The number of fused-ring (bicyclic) bond motifs is 4. The molecule has 1 aromatic rings. The van der Waals surface area contributed by atoms with E-state index >= 15 is 0 Å². The summed E-state index contributed by atoms with van der Waals surface area (Å²) in [5, 5.41) is 3.58. The number of hydrogen-bond acceptors (Lipinski definition) is 2. The van der Waals surface area contributed by atoms with Crippen LogP contribution in [-0.4, -0.2) is 13.1 Å². The Kier molecular flexibility index (Phi) is 5.10. The first-order valence-corrected chi connectivity index (χ1v) is 12.1. The van der Waals surface area contributed by atoms with Crippen LogP contribution < -0.4 is 5.32 Å². The molecule has 2 fully saturated rings. The third-order valence-electron chi connectivity index (χ3n) is 7.81. The monoisotopic (exact) mass is 421 g/mol. The minimum atomic E-state index is 0.187. The van der Waals surface area contributed by atoms with Gasteiger partial charge in [0.25, 0.3) is 0 Å². The topological polar surface area (TPSA) is 12.0 Å². The maximum atomic E-state index is 13.2. The summed E-state index contributed by atoms with van der Waals surface area (Å²) in [6, 6.07) is 6.12. The fourth-order valence-corrected chi connectivity index (χ4v) is 5.58. The fraction of sp³-hybridized carbons (Fsp3) is 0.481. The molecule has 0 radical (unpaired) electrons. The van der Waals surface area contributed by atoms with E-state index in [1.165, 1.54) is 53.5 Å². The van der Waals surface area contributed by atoms with Gasteiger partial charge in [-0.05, 0) is 79.2 Å². The van der Waals surface area contributed by atoms with Gasteiger partial charge < -0.3 is 5.32 Å². The molecular weight excluding hydrogens is 389 g/mol. The van der Waals surface area contributed by atoms with Crippen molar-refractivity contribution in [2.24, 2.45) is 11.3 Å². The van der Waals surface area contributed by atoms with Gasteiger partial charge in [-0.1, -0.05) is 55.0 Å². The van der Waals surface area contributed by atoms with Gasteiger partial charge in [0, 0.05) is 29.3 Å². The first kappa shape index (κ1) is 20.3. The smallest absolute Gasteiger partial charge is 0.0812 e. The molecule has 0 aromatic heterocycles. The van der Waals surface area contributed by atoms with Crippen molar-refractivity contribution in [1.29, 1.82) is 0 Å². The van der Waals surface area contributed by atoms with Crippen LogP contribution in [0.3, 0.4) is 0 Å². The molecule has 1 nitrogen and oxygen atoms in total. The summed E-state index contributed by atoms with van der Waals surface area (Å²) in [5.74, 6) is 0.414. The van der Waals surface area contributed by atoms with Crippen LogP contribution in [0.2, 0.25) is 0 Å². The van der Waals surface area contributed by atoms with Crippen molar-refractivity contribution in [3.05, 3.63) is 71.4 Å². The van der Waals surface area contributed by atoms with E-state index in [1.807, 2.05) is 6.07 Å². The minimum absolute atomic E-state index is 0.187. The maximum Gasteiger partial charge on any atom is 0.0812 e. The number of benzene rings is 1. The SMILES string of the molecule is C=C(CCC(=C)C1C=CC2=C(C1)C1(CC1)c1cc(SF)ccc12)CNCC1(C)CC1. The second-order valence-electron chi connectivity index (χ2n) is 10.3. The van der Waals surface area contributed by atoms with Gasteiger partial charge in [0.2, 0.25) is 0 Å². The molecule has 0 aliphatic heterocycles. The number of allylic oxidation sites excluding steroid dienone is 5. The van der Waals surface area contributed by atoms with Crippen LogP contribution >= 0.6 is 12.1 Å². The molecule has 158 valence electrons. The van der Waals surface area contributed by atoms with Crippen molar-refractivity contribution in [1.82, 2.24) is 5.32 Å². The lowest BCUT2D eigenvalue weighted by Gasteiger charge is -2.25. The zero-order valence-electron chi connectivity index (χ0n) is 18.0. The number of nitrogens with one attached hydrogen (secondary N) is 1. The van der Waals surface area contributed by atoms with Gasteiger partial charge in [-0.2, -0.15) is 3.89 Å². The second-order valence-corrected chi connectivity index (χ2v) is 10.9. The normalized spacial score (nSPS) is 24.0. The zero-order chi connectivity index (χ0) is 20.9. The van der Waals surface area contributed by atoms with Crippen LogP contribution in [-0.2, 0) is 5.41 Å². The van der Waals surface area contributed by atoms with Crippen LogP contribution in [0.4, 0.5) is 3.89 Å². The van der Waals surface area contributed by atoms with Crippen molar-refractivity contribution in [2.75, 3.05) is 13.1 Å². The largest absolute Gasteiger partial charge is 0.312 e. The van der Waals surface area contributed by atoms with Gasteiger partial charge >= 0.3 is 0 Å². The summed E-state index contributed by atoms with van der Waals surface area (Å²) in [6.45, 7) is 13.1. The molecule has 0 amide bonds. The molecule has 0 bridgehead atoms. The standard InChI is InChI=1S/C27H32FNS/c1-18(16-29-17-26(3)10-11-26)4-5-19(2)20-6-8-22-23-9-7-21(30-28)15-25(23)27(12-13-27)24(22)14-20/h6-9,15,20,29H,1-2,4-5,10-14,16-17H2,3H3. The predicted octanol–water partition coefficient (Wildman–Crippen LogP) is 7.32. The molecule has 0 heterocycles. The Morgan fingerprint density at radius 3 is 2.70 bits per heavy atom. The van der Waals surface area contributed by atoms with Gasteiger partial charge in [-0.3, -0.25) is 0 Å². The van der Waals surface area contributed by atoms with Crippen LogP contribution in [0.25, 0.3) is 5.57 Å². The molecule has 1 spiro atoms. The van der Waals surface area contributed by atoms with Gasteiger partial charge in [0.05, 0.1) is 12.1 Å². The number of halogens is 1. The zero-order valence-corrected chi connectivity index (χ0v) is 18.8. The highest BCUT2D eigenvalue weighted by atomic mass is 32.2. The third-order valence-corrected chi connectivity index (χ3v) is 8.24. The van der Waals surface area contributed by atoms with Crippen molar-refractivity contribution in [3.63, 3.8) is 0 Å². The van der Waals surface area contributed by atoms with Gasteiger partial charge in [0.1, 0.15) is 0 Å². The molecule has 3 heteroatoms. The van der Waals surface area contributed by atoms with E-state index < -0.39 is 0 Å². The Balaban J connectivity index is 1.19. The summed E-state index contributed by atoms with van der Waals surface area (Å²) in [7, 11) is 0. The fourth-order valence-electron chi connectivity index (χ4n) is 5.30. The molecule has 0 saturated heterocycles. The lowest BCUT2D eigenvalue weighted by molar-refractivity contribution is 0.511. The summed E-state index contributed by atoms with van der Waals surface area (Å²) in [6.07, 6.45) is 12.9. The summed E-state index contributed by atoms with van der Waals surface area (Å²) >= 11 is 0.357. The average Bonchev–Trinajstić information content (AvgIpc) is 3.67. The van der Waals surface area contributed by atoms with E-state index in [0.717, 1.165) is 37.2 Å². The van der Waals surface area contributed by atoms with E-state index in [2.05, 4.69) is 49.7 Å². The average molecular weight is 422 g/mol. The predicted molar refractivity (Wildman–Crippen MR) is 126 cm³/mol. The summed E-state index contributed by atoms with van der Waals surface area (Å²) in [4.78, 5) is 0.729. The van der Waals surface area contributed by atoms with Gasteiger partial charge in [-0.25, -0.2) is 0 Å². The van der Waals surface area contributed by atoms with Gasteiger partial charge in [0.15, 0.2) is 0 Å². The van der Waals surface area contributed by atoms with E-state index in [0.29, 0.717) is 23.5 Å². The molecule has 2 saturated carbocycles. The van der Waals surface area contributed by atoms with Crippen molar-refractivity contribution in [2.45, 2.75) is 62.2 Å². The highest BCUT2D eigenvalue weighted by Crippen LogP contribution is 2.64. The van der Waals surface area contributed by atoms with Crippen molar-refractivity contribution < 1.29 is 3.89 Å². The highest BCUT2D eigenvalue weighted by Gasteiger charge is 2.54. The minimum Gasteiger partial charge on any atom is -0.312 e. The van der Waals surface area contributed by atoms with E-state index in [1.54, 1.807) is 5.57 Å². The van der Waals surface area contributed by atoms with Crippen molar-refractivity contribution in [3.8, 4) is 0 Å². The van der Waals surface area contributed by atoms with Crippen LogP contribution in [0.15, 0.2) is 65.1 Å². The molecule has 1 unspecified atom stereocenters. The molecule has 1 atom stereocenters. The highest BCUT2D eigenvalue weighted by molar-refractivity contribution is 7.94. The Labute approximate surface area is 184 Å². The van der Waals surface area contributed by atoms with E-state index in [9.17, 15) is 3.89 Å². The first-order chi connectivity index (χ1) is 14.4. The van der Waals surface area contributed by atoms with Crippen LogP contribution in [0, 0.1) is 11.3 Å². The summed E-state index contributed by atoms with van der Waals surface area (Å²) < 4.78 is 13.2. The lowest BCUT2D eigenvalue weighted by Crippen LogP contribution is -2.24. The first-order valence-electron chi connectivity index (χ1n) is 11.3. The Bertz CT molecular complexity index is 961. The van der Waals surface area contributed by atoms with E-state index in [-0.39, 0.29) is 5.41 Å². The Morgan fingerprint density at radius 2 is 2.00 bits per heavy atom.